The Morgan fingerprint density at radius 1 is 1.37 bits per heavy atom. The molecular weight excluding hydrogens is 290 g/mol. The van der Waals surface area contributed by atoms with Crippen LogP contribution in [0.4, 0.5) is 5.69 Å². The van der Waals surface area contributed by atoms with Gasteiger partial charge in [0.15, 0.2) is 0 Å². The summed E-state index contributed by atoms with van der Waals surface area (Å²) in [6, 6.07) is 6.53. The predicted octanol–water partition coefficient (Wildman–Crippen LogP) is 0.860. The summed E-state index contributed by atoms with van der Waals surface area (Å²) in [6.07, 6.45) is -1.60. The van der Waals surface area contributed by atoms with Crippen molar-refractivity contribution in [1.29, 1.82) is 0 Å². The number of hydrogen-bond donors (Lipinski definition) is 2. The molecular formula is C12H16ClNO4S. The second-order valence-corrected chi connectivity index (χ2v) is 6.82. The number of aliphatic hydroxyl groups excluding tert-OH is 2. The van der Waals surface area contributed by atoms with E-state index in [9.17, 15) is 18.6 Å². The monoisotopic (exact) mass is 305 g/mol. The fourth-order valence-electron chi connectivity index (χ4n) is 2.10. The van der Waals surface area contributed by atoms with Crippen LogP contribution in [0.3, 0.4) is 0 Å². The fourth-order valence-corrected chi connectivity index (χ4v) is 3.83. The molecule has 0 aromatic heterocycles. The van der Waals surface area contributed by atoms with Crippen molar-refractivity contribution < 1.29 is 18.6 Å². The van der Waals surface area contributed by atoms with Crippen LogP contribution in [0.25, 0.3) is 0 Å². The fraction of sp³-hybridized carbons (Fsp3) is 0.500. The molecule has 1 fully saturated rings. The molecule has 1 heterocycles. The van der Waals surface area contributed by atoms with Crippen LogP contribution in [-0.4, -0.2) is 42.9 Å². The van der Waals surface area contributed by atoms with Crippen LogP contribution in [-0.2, 0) is 10.0 Å². The quantitative estimate of drug-likeness (QED) is 0.809. The Morgan fingerprint density at radius 2 is 2.11 bits per heavy atom. The molecule has 106 valence electrons. The van der Waals surface area contributed by atoms with Gasteiger partial charge in [0, 0.05) is 6.54 Å². The minimum atomic E-state index is -3.25. The summed E-state index contributed by atoms with van der Waals surface area (Å²) >= 11 is 5.49. The highest BCUT2D eigenvalue weighted by Gasteiger charge is 2.29. The van der Waals surface area contributed by atoms with E-state index in [1.165, 1.54) is 4.31 Å². The zero-order valence-corrected chi connectivity index (χ0v) is 11.8. The number of alkyl halides is 1. The molecule has 0 radical (unpaired) electrons. The number of anilines is 1. The highest BCUT2D eigenvalue weighted by molar-refractivity contribution is 7.93. The third-order valence-corrected chi connectivity index (χ3v) is 5.31. The summed E-state index contributed by atoms with van der Waals surface area (Å²) in [5.74, 6) is 0.0531. The molecule has 2 rings (SSSR count). The third-order valence-electron chi connectivity index (χ3n) is 3.12. The average Bonchev–Trinajstić information content (AvgIpc) is 2.76. The molecule has 0 spiro atoms. The zero-order chi connectivity index (χ0) is 14.0. The second kappa shape index (κ2) is 5.66. The van der Waals surface area contributed by atoms with Gasteiger partial charge in [-0.25, -0.2) is 8.42 Å². The van der Waals surface area contributed by atoms with Crippen molar-refractivity contribution in [2.24, 2.45) is 0 Å². The summed E-state index contributed by atoms with van der Waals surface area (Å²) in [7, 11) is -3.25. The molecule has 0 bridgehead atoms. The van der Waals surface area contributed by atoms with Crippen LogP contribution in [0.2, 0.25) is 0 Å². The number of nitrogens with zero attached hydrogens (tertiary/aromatic N) is 1. The van der Waals surface area contributed by atoms with E-state index in [0.717, 1.165) is 0 Å². The molecule has 0 amide bonds. The smallest absolute Gasteiger partial charge is 0.235 e. The van der Waals surface area contributed by atoms with Crippen molar-refractivity contribution in [1.82, 2.24) is 0 Å². The van der Waals surface area contributed by atoms with E-state index in [0.29, 0.717) is 24.2 Å². The van der Waals surface area contributed by atoms with E-state index in [2.05, 4.69) is 0 Å². The SMILES string of the molecule is O=S1(=O)CCCN1c1cccc(C(O)C(O)CCl)c1. The summed E-state index contributed by atoms with van der Waals surface area (Å²) in [6.45, 7) is 0.444. The molecule has 0 saturated carbocycles. The van der Waals surface area contributed by atoms with Crippen LogP contribution in [0, 0.1) is 0 Å². The summed E-state index contributed by atoms with van der Waals surface area (Å²) in [5, 5.41) is 19.4. The van der Waals surface area contributed by atoms with Gasteiger partial charge in [-0.2, -0.15) is 0 Å². The average molecular weight is 306 g/mol. The molecule has 1 aliphatic heterocycles. The number of aliphatic hydroxyl groups is 2. The van der Waals surface area contributed by atoms with Gasteiger partial charge < -0.3 is 10.2 Å². The largest absolute Gasteiger partial charge is 0.389 e. The van der Waals surface area contributed by atoms with Crippen molar-refractivity contribution >= 4 is 27.3 Å². The number of hydrogen-bond acceptors (Lipinski definition) is 4. The normalized spacial score (nSPS) is 21.3. The first-order valence-electron chi connectivity index (χ1n) is 5.98. The minimum absolute atomic E-state index is 0.0899. The lowest BCUT2D eigenvalue weighted by molar-refractivity contribution is 0.0327. The van der Waals surface area contributed by atoms with Gasteiger partial charge in [0.2, 0.25) is 10.0 Å². The summed E-state index contributed by atoms with van der Waals surface area (Å²) < 4.78 is 25.0. The molecule has 1 aliphatic rings. The molecule has 19 heavy (non-hydrogen) atoms. The molecule has 2 unspecified atom stereocenters. The van der Waals surface area contributed by atoms with Gasteiger partial charge in [-0.15, -0.1) is 11.6 Å². The lowest BCUT2D eigenvalue weighted by Gasteiger charge is -2.20. The first-order chi connectivity index (χ1) is 8.95. The minimum Gasteiger partial charge on any atom is -0.389 e. The number of sulfonamides is 1. The van der Waals surface area contributed by atoms with Crippen molar-refractivity contribution in [3.05, 3.63) is 29.8 Å². The van der Waals surface area contributed by atoms with Gasteiger partial charge in [0.05, 0.1) is 23.4 Å². The molecule has 0 aliphatic carbocycles. The van der Waals surface area contributed by atoms with E-state index in [-0.39, 0.29) is 11.6 Å². The van der Waals surface area contributed by atoms with Crippen molar-refractivity contribution in [3.8, 4) is 0 Å². The molecule has 2 N–H and O–H groups in total. The molecule has 2 atom stereocenters. The summed E-state index contributed by atoms with van der Waals surface area (Å²) in [4.78, 5) is 0. The Labute approximate surface area is 117 Å². The highest BCUT2D eigenvalue weighted by Crippen LogP contribution is 2.27. The van der Waals surface area contributed by atoms with Gasteiger partial charge in [-0.1, -0.05) is 12.1 Å². The lowest BCUT2D eigenvalue weighted by atomic mass is 10.0. The van der Waals surface area contributed by atoms with E-state index in [1.54, 1.807) is 24.3 Å². The van der Waals surface area contributed by atoms with E-state index >= 15 is 0 Å². The molecule has 5 nitrogen and oxygen atoms in total. The van der Waals surface area contributed by atoms with Crippen molar-refractivity contribution in [2.45, 2.75) is 18.6 Å². The van der Waals surface area contributed by atoms with Crippen LogP contribution in [0.5, 0.6) is 0 Å². The Balaban J connectivity index is 2.30. The van der Waals surface area contributed by atoms with Gasteiger partial charge >= 0.3 is 0 Å². The molecule has 1 aromatic carbocycles. The number of benzene rings is 1. The Bertz CT molecular complexity index is 548. The lowest BCUT2D eigenvalue weighted by Crippen LogP contribution is -2.25. The standard InChI is InChI=1S/C12H16ClNO4S/c13-8-11(15)12(16)9-3-1-4-10(7-9)14-5-2-6-19(14,17)18/h1,3-4,7,11-12,15-16H,2,5-6,8H2. The van der Waals surface area contributed by atoms with Crippen molar-refractivity contribution in [3.63, 3.8) is 0 Å². The van der Waals surface area contributed by atoms with Crippen LogP contribution >= 0.6 is 11.6 Å². The van der Waals surface area contributed by atoms with Crippen molar-refractivity contribution in [2.75, 3.05) is 22.5 Å². The Hall–Kier alpha value is -0.820. The molecule has 1 aromatic rings. The maximum Gasteiger partial charge on any atom is 0.235 e. The Morgan fingerprint density at radius 3 is 2.68 bits per heavy atom. The van der Waals surface area contributed by atoms with Gasteiger partial charge in [0.1, 0.15) is 6.10 Å². The molecule has 7 heteroatoms. The van der Waals surface area contributed by atoms with E-state index < -0.39 is 22.2 Å². The first kappa shape index (κ1) is 14.6. The van der Waals surface area contributed by atoms with Gasteiger partial charge in [-0.05, 0) is 24.1 Å². The van der Waals surface area contributed by atoms with E-state index in [1.807, 2.05) is 0 Å². The molecule has 1 saturated heterocycles. The predicted molar refractivity (Wildman–Crippen MR) is 73.9 cm³/mol. The van der Waals surface area contributed by atoms with E-state index in [4.69, 9.17) is 11.6 Å². The topological polar surface area (TPSA) is 77.8 Å². The second-order valence-electron chi connectivity index (χ2n) is 4.50. The van der Waals surface area contributed by atoms with Crippen LogP contribution in [0.15, 0.2) is 24.3 Å². The first-order valence-corrected chi connectivity index (χ1v) is 8.12. The maximum atomic E-state index is 11.8. The van der Waals surface area contributed by atoms with Crippen LogP contribution in [0.1, 0.15) is 18.1 Å². The van der Waals surface area contributed by atoms with Gasteiger partial charge in [-0.3, -0.25) is 4.31 Å². The number of halogens is 1. The number of rotatable bonds is 4. The highest BCUT2D eigenvalue weighted by atomic mass is 35.5. The summed E-state index contributed by atoms with van der Waals surface area (Å²) in [5.41, 5.74) is 0.962. The maximum absolute atomic E-state index is 11.8. The van der Waals surface area contributed by atoms with Gasteiger partial charge in [0.25, 0.3) is 0 Å². The Kier molecular flexibility index (Phi) is 4.35. The van der Waals surface area contributed by atoms with Crippen LogP contribution < -0.4 is 4.31 Å². The third kappa shape index (κ3) is 3.02. The zero-order valence-electron chi connectivity index (χ0n) is 10.2.